The summed E-state index contributed by atoms with van der Waals surface area (Å²) in [5.74, 6) is 1.87. The minimum absolute atomic E-state index is 0.448. The van der Waals surface area contributed by atoms with Crippen LogP contribution in [0.4, 0.5) is 17.5 Å². The maximum absolute atomic E-state index is 5.17. The maximum Gasteiger partial charge on any atom is 0.244 e. The van der Waals surface area contributed by atoms with Crippen molar-refractivity contribution < 1.29 is 4.74 Å². The van der Waals surface area contributed by atoms with E-state index in [4.69, 9.17) is 4.74 Å². The Balaban J connectivity index is 1.48. The second-order valence-electron chi connectivity index (χ2n) is 5.87. The zero-order chi connectivity index (χ0) is 18.5. The molecule has 0 saturated heterocycles. The van der Waals surface area contributed by atoms with Gasteiger partial charge in [0, 0.05) is 18.1 Å². The normalized spacial score (nSPS) is 10.6. The third-order valence-corrected chi connectivity index (χ3v) is 4.06. The molecule has 7 nitrogen and oxygen atoms in total. The highest BCUT2D eigenvalue weighted by molar-refractivity contribution is 5.91. The van der Waals surface area contributed by atoms with E-state index in [1.807, 2.05) is 54.6 Å². The summed E-state index contributed by atoms with van der Waals surface area (Å²) in [7, 11) is 1.65. The Morgan fingerprint density at radius 2 is 1.85 bits per heavy atom. The van der Waals surface area contributed by atoms with Crippen molar-refractivity contribution in [2.45, 2.75) is 6.54 Å². The van der Waals surface area contributed by atoms with Crippen LogP contribution < -0.4 is 15.4 Å². The van der Waals surface area contributed by atoms with E-state index in [2.05, 4.69) is 30.8 Å². The Bertz CT molecular complexity index is 1050. The van der Waals surface area contributed by atoms with Crippen molar-refractivity contribution in [1.82, 2.24) is 20.2 Å². The van der Waals surface area contributed by atoms with Crippen LogP contribution in [0.2, 0.25) is 0 Å². The summed E-state index contributed by atoms with van der Waals surface area (Å²) in [6.45, 7) is 0.588. The molecule has 2 heterocycles. The second kappa shape index (κ2) is 7.65. The third kappa shape index (κ3) is 3.92. The molecule has 134 valence electrons. The van der Waals surface area contributed by atoms with Crippen molar-refractivity contribution in [3.05, 3.63) is 72.6 Å². The summed E-state index contributed by atoms with van der Waals surface area (Å²) >= 11 is 0. The van der Waals surface area contributed by atoms with Crippen molar-refractivity contribution in [1.29, 1.82) is 0 Å². The molecule has 4 aromatic rings. The summed E-state index contributed by atoms with van der Waals surface area (Å²) < 4.78 is 5.17. The van der Waals surface area contributed by atoms with Crippen LogP contribution in [0, 0.1) is 0 Å². The fraction of sp³-hybridized carbons (Fsp3) is 0.100. The Hall–Kier alpha value is -3.74. The van der Waals surface area contributed by atoms with Crippen molar-refractivity contribution >= 4 is 28.4 Å². The van der Waals surface area contributed by atoms with Gasteiger partial charge in [-0.15, -0.1) is 5.10 Å². The Kier molecular flexibility index (Phi) is 4.74. The number of hydrogen-bond acceptors (Lipinski definition) is 7. The van der Waals surface area contributed by atoms with Crippen LogP contribution in [0.25, 0.3) is 10.9 Å². The first kappa shape index (κ1) is 16.7. The van der Waals surface area contributed by atoms with Gasteiger partial charge < -0.3 is 15.4 Å². The SMILES string of the molecule is COc1ccc(CNc2nncc(Nc3cccc4cccnc34)n2)cc1. The zero-order valence-electron chi connectivity index (χ0n) is 14.8. The Morgan fingerprint density at radius 3 is 2.70 bits per heavy atom. The number of benzene rings is 2. The van der Waals surface area contributed by atoms with Crippen LogP contribution in [0.15, 0.2) is 67.0 Å². The number of nitrogens with zero attached hydrogens (tertiary/aromatic N) is 4. The van der Waals surface area contributed by atoms with Gasteiger partial charge in [-0.05, 0) is 29.8 Å². The van der Waals surface area contributed by atoms with Gasteiger partial charge in [0.25, 0.3) is 0 Å². The van der Waals surface area contributed by atoms with Crippen LogP contribution in [-0.4, -0.2) is 27.3 Å². The van der Waals surface area contributed by atoms with E-state index < -0.39 is 0 Å². The summed E-state index contributed by atoms with van der Waals surface area (Å²) in [5, 5.41) is 15.6. The number of ether oxygens (including phenoxy) is 1. The monoisotopic (exact) mass is 358 g/mol. The Labute approximate surface area is 156 Å². The molecule has 2 N–H and O–H groups in total. The molecule has 0 saturated carbocycles. The number of rotatable bonds is 6. The first-order chi connectivity index (χ1) is 13.3. The van der Waals surface area contributed by atoms with Gasteiger partial charge in [0.1, 0.15) is 5.75 Å². The van der Waals surface area contributed by atoms with E-state index in [1.165, 1.54) is 0 Å². The highest BCUT2D eigenvalue weighted by atomic mass is 16.5. The summed E-state index contributed by atoms with van der Waals surface area (Å²) in [5.41, 5.74) is 2.84. The number of hydrogen-bond donors (Lipinski definition) is 2. The van der Waals surface area contributed by atoms with Gasteiger partial charge >= 0.3 is 0 Å². The molecule has 2 aromatic carbocycles. The number of pyridine rings is 1. The van der Waals surface area contributed by atoms with Gasteiger partial charge in [-0.3, -0.25) is 4.98 Å². The predicted molar refractivity (Wildman–Crippen MR) is 105 cm³/mol. The molecule has 0 amide bonds. The zero-order valence-corrected chi connectivity index (χ0v) is 14.8. The molecule has 0 bridgehead atoms. The van der Waals surface area contributed by atoms with Gasteiger partial charge in [0.05, 0.1) is 24.5 Å². The summed E-state index contributed by atoms with van der Waals surface area (Å²) in [6.07, 6.45) is 3.36. The quantitative estimate of drug-likeness (QED) is 0.542. The minimum atomic E-state index is 0.448. The van der Waals surface area contributed by atoms with Gasteiger partial charge in [-0.2, -0.15) is 10.1 Å². The largest absolute Gasteiger partial charge is 0.497 e. The lowest BCUT2D eigenvalue weighted by atomic mass is 10.2. The van der Waals surface area contributed by atoms with E-state index in [-0.39, 0.29) is 0 Å². The van der Waals surface area contributed by atoms with Gasteiger partial charge in [0.2, 0.25) is 5.95 Å². The predicted octanol–water partition coefficient (Wildman–Crippen LogP) is 3.78. The van der Waals surface area contributed by atoms with Crippen molar-refractivity contribution in [2.24, 2.45) is 0 Å². The van der Waals surface area contributed by atoms with E-state index >= 15 is 0 Å². The number of para-hydroxylation sites is 1. The fourth-order valence-electron chi connectivity index (χ4n) is 2.71. The lowest BCUT2D eigenvalue weighted by Gasteiger charge is -2.09. The average Bonchev–Trinajstić information content (AvgIpc) is 2.73. The van der Waals surface area contributed by atoms with Crippen LogP contribution in [0.1, 0.15) is 5.56 Å². The molecule has 7 heteroatoms. The fourth-order valence-corrected chi connectivity index (χ4v) is 2.71. The molecule has 0 radical (unpaired) electrons. The highest BCUT2D eigenvalue weighted by Gasteiger charge is 2.05. The molecule has 4 rings (SSSR count). The topological polar surface area (TPSA) is 84.9 Å². The molecule has 0 aliphatic rings. The minimum Gasteiger partial charge on any atom is -0.497 e. The number of methoxy groups -OCH3 is 1. The molecule has 0 fully saturated rings. The lowest BCUT2D eigenvalue weighted by Crippen LogP contribution is -2.06. The number of anilines is 3. The molecular formula is C20H18N6O. The van der Waals surface area contributed by atoms with Crippen LogP contribution >= 0.6 is 0 Å². The third-order valence-electron chi connectivity index (χ3n) is 4.06. The summed E-state index contributed by atoms with van der Waals surface area (Å²) in [4.78, 5) is 8.91. The Morgan fingerprint density at radius 1 is 1.00 bits per heavy atom. The number of fused-ring (bicyclic) bond motifs is 1. The number of nitrogens with one attached hydrogen (secondary N) is 2. The van der Waals surface area contributed by atoms with Gasteiger partial charge in [-0.1, -0.05) is 30.3 Å². The highest BCUT2D eigenvalue weighted by Crippen LogP contribution is 2.23. The van der Waals surface area contributed by atoms with Gasteiger partial charge in [0.15, 0.2) is 5.82 Å². The van der Waals surface area contributed by atoms with Crippen LogP contribution in [0.3, 0.4) is 0 Å². The molecule has 0 unspecified atom stereocenters. The standard InChI is InChI=1S/C20H18N6O/c1-27-16-9-7-14(8-10-16)12-22-20-25-18(13-23-26-20)24-17-6-2-4-15-5-3-11-21-19(15)17/h2-11,13H,12H2,1H3,(H2,22,24,25,26). The first-order valence-electron chi connectivity index (χ1n) is 8.49. The maximum atomic E-state index is 5.17. The van der Waals surface area contributed by atoms with Gasteiger partial charge in [-0.25, -0.2) is 0 Å². The molecule has 0 atom stereocenters. The molecular weight excluding hydrogens is 340 g/mol. The van der Waals surface area contributed by atoms with Crippen molar-refractivity contribution in [3.8, 4) is 5.75 Å². The second-order valence-corrected chi connectivity index (χ2v) is 5.87. The molecule has 0 aliphatic carbocycles. The van der Waals surface area contributed by atoms with E-state index in [9.17, 15) is 0 Å². The van der Waals surface area contributed by atoms with Crippen LogP contribution in [0.5, 0.6) is 5.75 Å². The summed E-state index contributed by atoms with van der Waals surface area (Å²) in [6, 6.07) is 17.7. The average molecular weight is 358 g/mol. The van der Waals surface area contributed by atoms with E-state index in [0.29, 0.717) is 18.3 Å². The van der Waals surface area contributed by atoms with Crippen LogP contribution in [-0.2, 0) is 6.54 Å². The molecule has 0 spiro atoms. The smallest absolute Gasteiger partial charge is 0.244 e. The lowest BCUT2D eigenvalue weighted by molar-refractivity contribution is 0.414. The van der Waals surface area contributed by atoms with Crippen molar-refractivity contribution in [3.63, 3.8) is 0 Å². The molecule has 0 aliphatic heterocycles. The molecule has 2 aromatic heterocycles. The van der Waals surface area contributed by atoms with E-state index in [0.717, 1.165) is 27.9 Å². The first-order valence-corrected chi connectivity index (χ1v) is 8.49. The number of aromatic nitrogens is 4. The van der Waals surface area contributed by atoms with E-state index in [1.54, 1.807) is 19.5 Å². The van der Waals surface area contributed by atoms with Crippen molar-refractivity contribution in [2.75, 3.05) is 17.7 Å². The molecule has 27 heavy (non-hydrogen) atoms.